The molecule has 1 unspecified atom stereocenters. The number of benzene rings is 3. The number of unbranched alkanes of at least 4 members (excludes halogenated alkanes) is 1. The minimum absolute atomic E-state index is 0.00815. The van der Waals surface area contributed by atoms with Gasteiger partial charge in [0.15, 0.2) is 17.6 Å². The number of nitrogens with two attached hydrogens (primary N) is 1. The van der Waals surface area contributed by atoms with Gasteiger partial charge in [-0.15, -0.1) is 0 Å². The number of rotatable bonds is 14. The first-order chi connectivity index (χ1) is 22.1. The van der Waals surface area contributed by atoms with Crippen LogP contribution in [0.2, 0.25) is 0 Å². The summed E-state index contributed by atoms with van der Waals surface area (Å²) in [5, 5.41) is 14.3. The number of sulfonamides is 1. The number of primary amides is 1. The number of nitrogens with zero attached hydrogens (tertiary/aromatic N) is 2. The Bertz CT molecular complexity index is 1690. The van der Waals surface area contributed by atoms with E-state index in [0.717, 1.165) is 5.56 Å². The van der Waals surface area contributed by atoms with E-state index in [1.54, 1.807) is 12.1 Å². The van der Waals surface area contributed by atoms with Gasteiger partial charge in [0.1, 0.15) is 0 Å². The van der Waals surface area contributed by atoms with E-state index in [1.165, 1.54) is 39.5 Å². The second-order valence-corrected chi connectivity index (χ2v) is 12.9. The molecule has 5 rings (SSSR count). The number of amides is 3. The summed E-state index contributed by atoms with van der Waals surface area (Å²) in [5.74, 6) is -0.583. The van der Waals surface area contributed by atoms with E-state index in [2.05, 4.69) is 5.32 Å². The average molecular weight is 653 g/mol. The molecule has 0 saturated carbocycles. The first-order valence-electron chi connectivity index (χ1n) is 14.9. The van der Waals surface area contributed by atoms with Crippen LogP contribution in [0, 0.1) is 0 Å². The molecule has 14 heteroatoms. The van der Waals surface area contributed by atoms with E-state index in [4.69, 9.17) is 19.9 Å². The Kier molecular flexibility index (Phi) is 10.1. The summed E-state index contributed by atoms with van der Waals surface area (Å²) in [6.07, 6.45) is -1.95. The Hall–Kier alpha value is -4.66. The Labute approximate surface area is 266 Å². The lowest BCUT2D eigenvalue weighted by molar-refractivity contribution is -0.129. The van der Waals surface area contributed by atoms with Crippen LogP contribution in [0.15, 0.2) is 77.7 Å². The molecule has 3 aromatic carbocycles. The van der Waals surface area contributed by atoms with E-state index in [-0.39, 0.29) is 43.3 Å². The highest BCUT2D eigenvalue weighted by atomic mass is 32.2. The highest BCUT2D eigenvalue weighted by Crippen LogP contribution is 2.35. The number of cyclic esters (lactones) is 1. The molecular formula is C32H36N4O9S. The predicted molar refractivity (Wildman–Crippen MR) is 167 cm³/mol. The molecule has 0 aliphatic carbocycles. The topological polar surface area (TPSA) is 178 Å². The summed E-state index contributed by atoms with van der Waals surface area (Å²) in [6.45, 7) is 1.59. The van der Waals surface area contributed by atoms with Gasteiger partial charge in [-0.1, -0.05) is 49.7 Å². The van der Waals surface area contributed by atoms with E-state index in [0.29, 0.717) is 30.0 Å². The van der Waals surface area contributed by atoms with Crippen LogP contribution in [0.5, 0.6) is 11.5 Å². The fourth-order valence-corrected chi connectivity index (χ4v) is 6.74. The highest BCUT2D eigenvalue weighted by Gasteiger charge is 2.39. The fraction of sp³-hybridized carbons (Fsp3) is 0.344. The Morgan fingerprint density at radius 2 is 1.83 bits per heavy atom. The number of aliphatic hydroxyl groups excluding tert-OH is 1. The predicted octanol–water partition coefficient (Wildman–Crippen LogP) is 2.42. The zero-order valence-corrected chi connectivity index (χ0v) is 26.0. The van der Waals surface area contributed by atoms with Crippen molar-refractivity contribution in [3.8, 4) is 11.5 Å². The summed E-state index contributed by atoms with van der Waals surface area (Å²) in [6, 6.07) is 18.6. The first-order valence-corrected chi connectivity index (χ1v) is 16.3. The maximum absolute atomic E-state index is 13.8. The lowest BCUT2D eigenvalue weighted by Gasteiger charge is -2.30. The van der Waals surface area contributed by atoms with Gasteiger partial charge >= 0.3 is 6.09 Å². The number of carbonyl (C=O) groups is 3. The summed E-state index contributed by atoms with van der Waals surface area (Å²) in [5.41, 5.74) is 6.68. The number of hydrogen-bond acceptors (Lipinski definition) is 9. The van der Waals surface area contributed by atoms with Gasteiger partial charge in [-0.3, -0.25) is 14.5 Å². The molecule has 13 nitrogen and oxygen atoms in total. The van der Waals surface area contributed by atoms with Gasteiger partial charge < -0.3 is 30.4 Å². The molecule has 2 aliphatic rings. The van der Waals surface area contributed by atoms with Crippen molar-refractivity contribution in [1.29, 1.82) is 0 Å². The van der Waals surface area contributed by atoms with Crippen LogP contribution in [0.4, 0.5) is 10.5 Å². The quantitative estimate of drug-likeness (QED) is 0.236. The smallest absolute Gasteiger partial charge is 0.415 e. The van der Waals surface area contributed by atoms with Crippen molar-refractivity contribution < 1.29 is 42.1 Å². The summed E-state index contributed by atoms with van der Waals surface area (Å²) in [4.78, 5) is 39.0. The third-order valence-corrected chi connectivity index (χ3v) is 9.63. The highest BCUT2D eigenvalue weighted by molar-refractivity contribution is 7.89. The number of aliphatic hydroxyl groups is 1. The number of carbonyl (C=O) groups excluding carboxylic acids is 3. The van der Waals surface area contributed by atoms with Gasteiger partial charge in [0.25, 0.3) is 5.91 Å². The number of ether oxygens (including phenoxy) is 3. The number of hydrogen-bond donors (Lipinski definition) is 3. The van der Waals surface area contributed by atoms with Crippen LogP contribution in [0.25, 0.3) is 0 Å². The Morgan fingerprint density at radius 3 is 2.57 bits per heavy atom. The molecule has 4 N–H and O–H groups in total. The molecule has 244 valence electrons. The Balaban J connectivity index is 1.35. The second kappa shape index (κ2) is 14.2. The van der Waals surface area contributed by atoms with Crippen LogP contribution in [0.3, 0.4) is 0 Å². The van der Waals surface area contributed by atoms with Crippen molar-refractivity contribution >= 4 is 33.6 Å². The third kappa shape index (κ3) is 7.41. The van der Waals surface area contributed by atoms with Crippen molar-refractivity contribution in [2.45, 2.75) is 49.3 Å². The zero-order valence-electron chi connectivity index (χ0n) is 25.2. The average Bonchev–Trinajstić information content (AvgIpc) is 3.69. The van der Waals surface area contributed by atoms with Crippen LogP contribution in [-0.2, 0) is 26.0 Å². The van der Waals surface area contributed by atoms with E-state index in [1.807, 2.05) is 37.3 Å². The van der Waals surface area contributed by atoms with Crippen molar-refractivity contribution in [1.82, 2.24) is 9.62 Å². The van der Waals surface area contributed by atoms with E-state index >= 15 is 0 Å². The molecule has 1 fully saturated rings. The minimum atomic E-state index is -4.08. The molecule has 1 saturated heterocycles. The number of anilines is 1. The molecular weight excluding hydrogens is 616 g/mol. The third-order valence-electron chi connectivity index (χ3n) is 7.77. The molecule has 3 atom stereocenters. The van der Waals surface area contributed by atoms with Gasteiger partial charge in [-0.05, 0) is 48.7 Å². The minimum Gasteiger partial charge on any atom is -0.454 e. The van der Waals surface area contributed by atoms with Crippen LogP contribution < -0.4 is 25.4 Å². The summed E-state index contributed by atoms with van der Waals surface area (Å²) < 4.78 is 44.8. The van der Waals surface area contributed by atoms with Gasteiger partial charge in [0.2, 0.25) is 22.7 Å². The molecule has 0 aromatic heterocycles. The second-order valence-electron chi connectivity index (χ2n) is 11.0. The number of nitrogens with one attached hydrogen (secondary N) is 1. The normalized spacial score (nSPS) is 17.1. The lowest BCUT2D eigenvalue weighted by atomic mass is 10.0. The molecule has 46 heavy (non-hydrogen) atoms. The van der Waals surface area contributed by atoms with Crippen molar-refractivity contribution in [2.75, 3.05) is 31.3 Å². The molecule has 0 spiro atoms. The van der Waals surface area contributed by atoms with Crippen LogP contribution in [-0.4, -0.2) is 80.4 Å². The van der Waals surface area contributed by atoms with Crippen LogP contribution in [0.1, 0.15) is 35.7 Å². The Morgan fingerprint density at radius 1 is 1.07 bits per heavy atom. The molecule has 2 heterocycles. The van der Waals surface area contributed by atoms with Crippen LogP contribution >= 0.6 is 0 Å². The summed E-state index contributed by atoms with van der Waals surface area (Å²) >= 11 is 0. The number of fused-ring (bicyclic) bond motifs is 1. The van der Waals surface area contributed by atoms with E-state index < -0.39 is 46.2 Å². The van der Waals surface area contributed by atoms with Gasteiger partial charge in [0, 0.05) is 30.4 Å². The van der Waals surface area contributed by atoms with Crippen molar-refractivity contribution in [3.63, 3.8) is 0 Å². The molecule has 3 amide bonds. The van der Waals surface area contributed by atoms with Crippen molar-refractivity contribution in [2.24, 2.45) is 5.73 Å². The van der Waals surface area contributed by atoms with Crippen molar-refractivity contribution in [3.05, 3.63) is 83.9 Å². The maximum Gasteiger partial charge on any atom is 0.415 e. The lowest BCUT2D eigenvalue weighted by Crippen LogP contribution is -2.53. The molecule has 0 bridgehead atoms. The molecule has 0 radical (unpaired) electrons. The summed E-state index contributed by atoms with van der Waals surface area (Å²) in [7, 11) is -4.08. The van der Waals surface area contributed by atoms with E-state index in [9.17, 15) is 27.9 Å². The van der Waals surface area contributed by atoms with Gasteiger partial charge in [0.05, 0.1) is 23.6 Å². The maximum atomic E-state index is 13.8. The largest absolute Gasteiger partial charge is 0.454 e. The monoisotopic (exact) mass is 652 g/mol. The first kappa shape index (κ1) is 32.7. The standard InChI is InChI=1S/C32H36N4O9S/c1-2-3-14-35(46(41,42)24-12-13-27-28(17-24)44-20-43-27)18-26(37)25(15-21-8-5-4-6-9-21)34-31(39)29-19-36(32(40)45-29)23-11-7-10-22(16-23)30(33)38/h4-13,16-17,25-26,29,37H,2-3,14-15,18-20H2,1H3,(H2,33,38)(H,34,39)/t25?,26-,29+/m1/s1. The van der Waals surface area contributed by atoms with Gasteiger partial charge in [-0.2, -0.15) is 4.31 Å². The molecule has 3 aromatic rings. The van der Waals surface area contributed by atoms with Gasteiger partial charge in [-0.25, -0.2) is 13.2 Å². The SMILES string of the molecule is CCCCN(C[C@@H](O)C(Cc1ccccc1)NC(=O)[C@@H]1CN(c2cccc(C(N)=O)c2)C(=O)O1)S(=O)(=O)c1ccc2c(c1)OCO2. The fourth-order valence-electron chi connectivity index (χ4n) is 5.23. The zero-order chi connectivity index (χ0) is 32.8. The molecule has 2 aliphatic heterocycles.